The standard InChI is InChI=1S/C26H23ClN2O4/c1-18(21-12-6-3-7-13-21)29-24(31)26(33-25(29)32,16-19-9-4-2-5-10-19)23(30)28-17-20-11-8-14-22(27)15-20/h2-15,18H,16-17H2,1H3,(H,28,30)/t18-,26-/m1/s1. The van der Waals surface area contributed by atoms with Gasteiger partial charge in [0, 0.05) is 18.0 Å². The van der Waals surface area contributed by atoms with Crippen molar-refractivity contribution in [3.8, 4) is 0 Å². The number of nitrogens with one attached hydrogen (secondary N) is 1. The predicted molar refractivity (Wildman–Crippen MR) is 124 cm³/mol. The quantitative estimate of drug-likeness (QED) is 0.517. The molecule has 0 bridgehead atoms. The number of benzene rings is 3. The molecule has 0 aliphatic carbocycles. The van der Waals surface area contributed by atoms with Crippen LogP contribution in [0.25, 0.3) is 0 Å². The van der Waals surface area contributed by atoms with E-state index in [0.717, 1.165) is 16.0 Å². The molecule has 1 aliphatic rings. The number of hydrogen-bond acceptors (Lipinski definition) is 4. The fourth-order valence-corrected chi connectivity index (χ4v) is 4.14. The zero-order chi connectivity index (χ0) is 23.4. The third-order valence-corrected chi connectivity index (χ3v) is 5.93. The van der Waals surface area contributed by atoms with Crippen LogP contribution in [0.5, 0.6) is 0 Å². The van der Waals surface area contributed by atoms with Crippen molar-refractivity contribution >= 4 is 29.5 Å². The number of carbonyl (C=O) groups is 3. The van der Waals surface area contributed by atoms with Crippen LogP contribution in [0, 0.1) is 0 Å². The van der Waals surface area contributed by atoms with Gasteiger partial charge in [0.05, 0.1) is 6.04 Å². The van der Waals surface area contributed by atoms with Gasteiger partial charge < -0.3 is 10.1 Å². The van der Waals surface area contributed by atoms with E-state index in [0.29, 0.717) is 10.6 Å². The Morgan fingerprint density at radius 2 is 1.61 bits per heavy atom. The molecule has 0 saturated carbocycles. The van der Waals surface area contributed by atoms with Crippen LogP contribution < -0.4 is 5.32 Å². The Hall–Kier alpha value is -3.64. The summed E-state index contributed by atoms with van der Waals surface area (Å²) >= 11 is 6.03. The molecule has 1 aliphatic heterocycles. The highest BCUT2D eigenvalue weighted by molar-refractivity contribution is 6.30. The Labute approximate surface area is 197 Å². The first-order valence-corrected chi connectivity index (χ1v) is 11.0. The molecule has 0 spiro atoms. The average Bonchev–Trinajstić information content (AvgIpc) is 3.08. The molecular formula is C26H23ClN2O4. The summed E-state index contributed by atoms with van der Waals surface area (Å²) in [5.41, 5.74) is 0.223. The van der Waals surface area contributed by atoms with E-state index >= 15 is 0 Å². The zero-order valence-electron chi connectivity index (χ0n) is 18.0. The van der Waals surface area contributed by atoms with Crippen LogP contribution in [0.1, 0.15) is 29.7 Å². The minimum atomic E-state index is -2.00. The fourth-order valence-electron chi connectivity index (χ4n) is 3.92. The summed E-state index contributed by atoms with van der Waals surface area (Å²) in [4.78, 5) is 41.0. The maximum Gasteiger partial charge on any atom is 0.418 e. The van der Waals surface area contributed by atoms with E-state index in [2.05, 4.69) is 5.32 Å². The molecule has 3 aromatic carbocycles. The molecular weight excluding hydrogens is 440 g/mol. The number of ether oxygens (including phenoxy) is 1. The van der Waals surface area contributed by atoms with E-state index in [-0.39, 0.29) is 13.0 Å². The highest BCUT2D eigenvalue weighted by Crippen LogP contribution is 2.35. The molecule has 0 radical (unpaired) electrons. The van der Waals surface area contributed by atoms with Gasteiger partial charge in [0.25, 0.3) is 17.4 Å². The van der Waals surface area contributed by atoms with Crippen LogP contribution in [0.3, 0.4) is 0 Å². The average molecular weight is 463 g/mol. The van der Waals surface area contributed by atoms with Gasteiger partial charge in [0.1, 0.15) is 0 Å². The summed E-state index contributed by atoms with van der Waals surface area (Å²) in [6.45, 7) is 1.87. The topological polar surface area (TPSA) is 75.7 Å². The summed E-state index contributed by atoms with van der Waals surface area (Å²) in [5, 5.41) is 3.29. The number of hydrogen-bond donors (Lipinski definition) is 1. The molecule has 7 heteroatoms. The van der Waals surface area contributed by atoms with Gasteiger partial charge in [0.15, 0.2) is 0 Å². The van der Waals surface area contributed by atoms with Crippen LogP contribution in [0.4, 0.5) is 4.79 Å². The number of cyclic esters (lactones) is 1. The van der Waals surface area contributed by atoms with E-state index in [1.165, 1.54) is 0 Å². The van der Waals surface area contributed by atoms with E-state index in [1.807, 2.05) is 42.5 Å². The molecule has 3 amide bonds. The molecule has 1 N–H and O–H groups in total. The van der Waals surface area contributed by atoms with Crippen molar-refractivity contribution in [3.05, 3.63) is 107 Å². The van der Waals surface area contributed by atoms with Gasteiger partial charge in [0.2, 0.25) is 0 Å². The summed E-state index contributed by atoms with van der Waals surface area (Å²) in [6.07, 6.45) is -0.914. The first kappa shape index (κ1) is 22.6. The van der Waals surface area contributed by atoms with Crippen LogP contribution in [0.15, 0.2) is 84.9 Å². The molecule has 0 unspecified atom stereocenters. The van der Waals surface area contributed by atoms with Gasteiger partial charge in [-0.15, -0.1) is 0 Å². The van der Waals surface area contributed by atoms with E-state index in [9.17, 15) is 14.4 Å². The monoisotopic (exact) mass is 462 g/mol. The molecule has 6 nitrogen and oxygen atoms in total. The van der Waals surface area contributed by atoms with Crippen molar-refractivity contribution in [3.63, 3.8) is 0 Å². The van der Waals surface area contributed by atoms with Gasteiger partial charge in [-0.3, -0.25) is 9.59 Å². The van der Waals surface area contributed by atoms with Crippen molar-refractivity contribution in [2.24, 2.45) is 0 Å². The Morgan fingerprint density at radius 3 is 2.27 bits per heavy atom. The molecule has 33 heavy (non-hydrogen) atoms. The van der Waals surface area contributed by atoms with Crippen molar-refractivity contribution in [2.45, 2.75) is 31.5 Å². The summed E-state index contributed by atoms with van der Waals surface area (Å²) in [5.74, 6) is -1.36. The van der Waals surface area contributed by atoms with E-state index in [1.54, 1.807) is 49.4 Å². The number of imide groups is 1. The van der Waals surface area contributed by atoms with Gasteiger partial charge in [-0.25, -0.2) is 9.69 Å². The predicted octanol–water partition coefficient (Wildman–Crippen LogP) is 4.68. The van der Waals surface area contributed by atoms with Crippen LogP contribution in [0.2, 0.25) is 5.02 Å². The Morgan fingerprint density at radius 1 is 0.970 bits per heavy atom. The first-order valence-electron chi connectivity index (χ1n) is 10.6. The molecule has 4 rings (SSSR count). The fraction of sp³-hybridized carbons (Fsp3) is 0.192. The second-order valence-electron chi connectivity index (χ2n) is 7.93. The molecule has 1 saturated heterocycles. The lowest BCUT2D eigenvalue weighted by molar-refractivity contribution is -0.150. The summed E-state index contributed by atoms with van der Waals surface area (Å²) in [7, 11) is 0. The van der Waals surface area contributed by atoms with E-state index < -0.39 is 29.6 Å². The Balaban J connectivity index is 1.65. The first-order chi connectivity index (χ1) is 15.9. The molecule has 1 heterocycles. The second kappa shape index (κ2) is 9.46. The van der Waals surface area contributed by atoms with Crippen LogP contribution >= 0.6 is 11.6 Å². The SMILES string of the molecule is C[C@H](c1ccccc1)N1C(=O)O[C@](Cc2ccccc2)(C(=O)NCc2cccc(Cl)c2)C1=O. The number of amides is 3. The highest BCUT2D eigenvalue weighted by atomic mass is 35.5. The molecule has 1 fully saturated rings. The summed E-state index contributed by atoms with van der Waals surface area (Å²) < 4.78 is 5.59. The minimum Gasteiger partial charge on any atom is -0.422 e. The van der Waals surface area contributed by atoms with Crippen LogP contribution in [-0.4, -0.2) is 28.4 Å². The number of rotatable bonds is 7. The number of nitrogens with zero attached hydrogens (tertiary/aromatic N) is 1. The zero-order valence-corrected chi connectivity index (χ0v) is 18.8. The largest absolute Gasteiger partial charge is 0.422 e. The molecule has 3 aromatic rings. The molecule has 2 atom stereocenters. The second-order valence-corrected chi connectivity index (χ2v) is 8.37. The van der Waals surface area contributed by atoms with Crippen LogP contribution in [-0.2, 0) is 27.3 Å². The van der Waals surface area contributed by atoms with Gasteiger partial charge in [-0.1, -0.05) is 84.4 Å². The smallest absolute Gasteiger partial charge is 0.418 e. The van der Waals surface area contributed by atoms with Crippen molar-refractivity contribution in [1.82, 2.24) is 10.2 Å². The van der Waals surface area contributed by atoms with Gasteiger partial charge in [-0.2, -0.15) is 0 Å². The third-order valence-electron chi connectivity index (χ3n) is 5.70. The lowest BCUT2D eigenvalue weighted by Gasteiger charge is -2.25. The lowest BCUT2D eigenvalue weighted by atomic mass is 9.91. The highest BCUT2D eigenvalue weighted by Gasteiger charge is 2.60. The van der Waals surface area contributed by atoms with Gasteiger partial charge in [-0.05, 0) is 35.7 Å². The van der Waals surface area contributed by atoms with Crippen molar-refractivity contribution in [1.29, 1.82) is 0 Å². The lowest BCUT2D eigenvalue weighted by Crippen LogP contribution is -2.55. The minimum absolute atomic E-state index is 0.0716. The molecule has 0 aromatic heterocycles. The third kappa shape index (κ3) is 4.61. The molecule has 168 valence electrons. The normalized spacial score (nSPS) is 18.7. The number of halogens is 1. The Bertz CT molecular complexity index is 1170. The van der Waals surface area contributed by atoms with Crippen molar-refractivity contribution in [2.75, 3.05) is 0 Å². The number of carbonyl (C=O) groups excluding carboxylic acids is 3. The Kier molecular flexibility index (Phi) is 6.47. The van der Waals surface area contributed by atoms with Gasteiger partial charge >= 0.3 is 6.09 Å². The summed E-state index contributed by atoms with van der Waals surface area (Å²) in [6, 6.07) is 24.6. The maximum absolute atomic E-state index is 13.7. The van der Waals surface area contributed by atoms with Crippen molar-refractivity contribution < 1.29 is 19.1 Å². The van der Waals surface area contributed by atoms with E-state index in [4.69, 9.17) is 16.3 Å². The maximum atomic E-state index is 13.7.